The zero-order valence-corrected chi connectivity index (χ0v) is 11.8. The van der Waals surface area contributed by atoms with E-state index in [0.717, 1.165) is 31.8 Å². The summed E-state index contributed by atoms with van der Waals surface area (Å²) >= 11 is 3.31. The first-order valence-electron chi connectivity index (χ1n) is 6.01. The van der Waals surface area contributed by atoms with Gasteiger partial charge in [0, 0.05) is 23.2 Å². The van der Waals surface area contributed by atoms with Crippen LogP contribution in [0.2, 0.25) is 0 Å². The quantitative estimate of drug-likeness (QED) is 0.932. The number of aromatic carboxylic acids is 1. The molecule has 18 heavy (non-hydrogen) atoms. The molecular weight excluding hydrogens is 298 g/mol. The summed E-state index contributed by atoms with van der Waals surface area (Å²) in [6, 6.07) is 5.35. The second kappa shape index (κ2) is 5.71. The Bertz CT molecular complexity index is 450. The number of nitrogens with zero attached hydrogens (tertiary/aromatic N) is 1. The Morgan fingerprint density at radius 3 is 3.00 bits per heavy atom. The Hall–Kier alpha value is -1.07. The smallest absolute Gasteiger partial charge is 0.336 e. The van der Waals surface area contributed by atoms with Gasteiger partial charge in [-0.05, 0) is 40.5 Å². The highest BCUT2D eigenvalue weighted by atomic mass is 79.9. The Balaban J connectivity index is 2.18. The summed E-state index contributed by atoms with van der Waals surface area (Å²) in [6.45, 7) is 4.53. The van der Waals surface area contributed by atoms with Gasteiger partial charge in [-0.1, -0.05) is 6.92 Å². The van der Waals surface area contributed by atoms with Gasteiger partial charge in [-0.2, -0.15) is 0 Å². The lowest BCUT2D eigenvalue weighted by Crippen LogP contribution is -2.42. The fourth-order valence-electron chi connectivity index (χ4n) is 2.07. The average Bonchev–Trinajstić information content (AvgIpc) is 2.38. The predicted molar refractivity (Wildman–Crippen MR) is 73.3 cm³/mol. The number of anilines is 1. The minimum absolute atomic E-state index is 0.261. The number of carboxylic acids is 1. The van der Waals surface area contributed by atoms with Crippen LogP contribution in [0.4, 0.5) is 5.69 Å². The molecule has 1 fully saturated rings. The number of rotatable bonds is 3. The second-order valence-corrected chi connectivity index (χ2v) is 5.17. The molecule has 5 heteroatoms. The van der Waals surface area contributed by atoms with Crippen molar-refractivity contribution in [2.45, 2.75) is 19.4 Å². The molecule has 0 amide bonds. The van der Waals surface area contributed by atoms with Crippen LogP contribution in [0, 0.1) is 0 Å². The fraction of sp³-hybridized carbons (Fsp3) is 0.462. The van der Waals surface area contributed by atoms with Crippen molar-refractivity contribution in [3.8, 4) is 0 Å². The Kier molecular flexibility index (Phi) is 4.24. The molecule has 1 saturated heterocycles. The number of ether oxygens (including phenoxy) is 1. The van der Waals surface area contributed by atoms with Crippen molar-refractivity contribution in [3.63, 3.8) is 0 Å². The van der Waals surface area contributed by atoms with Gasteiger partial charge in [0.15, 0.2) is 0 Å². The lowest BCUT2D eigenvalue weighted by molar-refractivity contribution is 0.0384. The maximum atomic E-state index is 10.9. The SMILES string of the molecule is CCC1CN(c2ccc(C(=O)O)c(Br)c2)CCO1. The van der Waals surface area contributed by atoms with E-state index in [1.807, 2.05) is 12.1 Å². The molecule has 0 aliphatic carbocycles. The van der Waals surface area contributed by atoms with Crippen molar-refractivity contribution in [3.05, 3.63) is 28.2 Å². The molecule has 1 atom stereocenters. The standard InChI is InChI=1S/C13H16BrNO3/c1-2-10-8-15(5-6-18-10)9-3-4-11(13(16)17)12(14)7-9/h3-4,7,10H,2,5-6,8H2,1H3,(H,16,17). The molecule has 1 aromatic carbocycles. The first-order chi connectivity index (χ1) is 8.61. The number of halogens is 1. The van der Waals surface area contributed by atoms with E-state index in [1.165, 1.54) is 0 Å². The minimum Gasteiger partial charge on any atom is -0.478 e. The van der Waals surface area contributed by atoms with Crippen molar-refractivity contribution in [1.82, 2.24) is 0 Å². The largest absolute Gasteiger partial charge is 0.478 e. The zero-order valence-electron chi connectivity index (χ0n) is 10.2. The number of carboxylic acid groups (broad SMARTS) is 1. The van der Waals surface area contributed by atoms with Gasteiger partial charge in [-0.3, -0.25) is 0 Å². The van der Waals surface area contributed by atoms with Gasteiger partial charge in [0.25, 0.3) is 0 Å². The molecule has 1 aliphatic rings. The zero-order chi connectivity index (χ0) is 13.1. The Labute approximate surface area is 115 Å². The maximum Gasteiger partial charge on any atom is 0.336 e. The van der Waals surface area contributed by atoms with Crippen molar-refractivity contribution >= 4 is 27.6 Å². The first-order valence-corrected chi connectivity index (χ1v) is 6.80. The summed E-state index contributed by atoms with van der Waals surface area (Å²) in [5, 5.41) is 8.98. The molecule has 0 saturated carbocycles. The highest BCUT2D eigenvalue weighted by Crippen LogP contribution is 2.26. The van der Waals surface area contributed by atoms with Crippen LogP contribution < -0.4 is 4.90 Å². The van der Waals surface area contributed by atoms with Crippen molar-refractivity contribution in [2.75, 3.05) is 24.6 Å². The maximum absolute atomic E-state index is 10.9. The minimum atomic E-state index is -0.915. The summed E-state index contributed by atoms with van der Waals surface area (Å²) in [4.78, 5) is 13.2. The third-order valence-electron chi connectivity index (χ3n) is 3.14. The van der Waals surface area contributed by atoms with Gasteiger partial charge >= 0.3 is 5.97 Å². The van der Waals surface area contributed by atoms with Crippen LogP contribution in [-0.2, 0) is 4.74 Å². The third-order valence-corrected chi connectivity index (χ3v) is 3.80. The number of carbonyl (C=O) groups is 1. The molecule has 1 N–H and O–H groups in total. The number of hydrogen-bond acceptors (Lipinski definition) is 3. The summed E-state index contributed by atoms with van der Waals surface area (Å²) in [7, 11) is 0. The van der Waals surface area contributed by atoms with Crippen LogP contribution in [0.1, 0.15) is 23.7 Å². The third kappa shape index (κ3) is 2.84. The second-order valence-electron chi connectivity index (χ2n) is 4.32. The first kappa shape index (κ1) is 13.4. The van der Waals surface area contributed by atoms with E-state index in [-0.39, 0.29) is 6.10 Å². The van der Waals surface area contributed by atoms with E-state index < -0.39 is 5.97 Å². The van der Waals surface area contributed by atoms with Crippen molar-refractivity contribution < 1.29 is 14.6 Å². The number of morpholine rings is 1. The molecule has 0 radical (unpaired) electrons. The van der Waals surface area contributed by atoms with Crippen LogP contribution >= 0.6 is 15.9 Å². The fourth-order valence-corrected chi connectivity index (χ4v) is 2.61. The van der Waals surface area contributed by atoms with Gasteiger partial charge < -0.3 is 14.7 Å². The van der Waals surface area contributed by atoms with E-state index in [2.05, 4.69) is 27.8 Å². The van der Waals surface area contributed by atoms with Crippen LogP contribution in [0.15, 0.2) is 22.7 Å². The van der Waals surface area contributed by atoms with E-state index >= 15 is 0 Å². The van der Waals surface area contributed by atoms with Crippen LogP contribution in [0.3, 0.4) is 0 Å². The van der Waals surface area contributed by atoms with Crippen LogP contribution in [-0.4, -0.2) is 36.9 Å². The van der Waals surface area contributed by atoms with Crippen molar-refractivity contribution in [1.29, 1.82) is 0 Å². The Morgan fingerprint density at radius 1 is 1.61 bits per heavy atom. The van der Waals surface area contributed by atoms with Crippen LogP contribution in [0.25, 0.3) is 0 Å². The van der Waals surface area contributed by atoms with Gasteiger partial charge in [-0.25, -0.2) is 4.79 Å². The molecule has 0 spiro atoms. The van der Waals surface area contributed by atoms with Gasteiger partial charge in [0.2, 0.25) is 0 Å². The van der Waals surface area contributed by atoms with E-state index in [1.54, 1.807) is 6.07 Å². The molecule has 1 heterocycles. The molecule has 1 unspecified atom stereocenters. The van der Waals surface area contributed by atoms with Gasteiger partial charge in [0.05, 0.1) is 18.3 Å². The Morgan fingerprint density at radius 2 is 2.39 bits per heavy atom. The molecule has 1 aromatic rings. The van der Waals surface area contributed by atoms with E-state index in [0.29, 0.717) is 10.0 Å². The molecule has 2 rings (SSSR count). The highest BCUT2D eigenvalue weighted by molar-refractivity contribution is 9.10. The summed E-state index contributed by atoms with van der Waals surface area (Å²) in [5.41, 5.74) is 1.33. The highest BCUT2D eigenvalue weighted by Gasteiger charge is 2.20. The average molecular weight is 314 g/mol. The summed E-state index contributed by atoms with van der Waals surface area (Å²) in [6.07, 6.45) is 1.25. The topological polar surface area (TPSA) is 49.8 Å². The predicted octanol–water partition coefficient (Wildman–Crippen LogP) is 2.76. The van der Waals surface area contributed by atoms with Crippen molar-refractivity contribution in [2.24, 2.45) is 0 Å². The number of benzene rings is 1. The summed E-state index contributed by atoms with van der Waals surface area (Å²) in [5.74, 6) is -0.915. The lowest BCUT2D eigenvalue weighted by atomic mass is 10.1. The van der Waals surface area contributed by atoms with Crippen LogP contribution in [0.5, 0.6) is 0 Å². The molecule has 1 aliphatic heterocycles. The molecule has 98 valence electrons. The van der Waals surface area contributed by atoms with E-state index in [4.69, 9.17) is 9.84 Å². The molecular formula is C13H16BrNO3. The van der Waals surface area contributed by atoms with E-state index in [9.17, 15) is 4.79 Å². The normalized spacial score (nSPS) is 19.9. The summed E-state index contributed by atoms with van der Waals surface area (Å²) < 4.78 is 6.24. The molecule has 0 aromatic heterocycles. The molecule has 0 bridgehead atoms. The molecule has 4 nitrogen and oxygen atoms in total. The number of hydrogen-bond donors (Lipinski definition) is 1. The van der Waals surface area contributed by atoms with Gasteiger partial charge in [-0.15, -0.1) is 0 Å². The van der Waals surface area contributed by atoms with Gasteiger partial charge in [0.1, 0.15) is 0 Å². The monoisotopic (exact) mass is 313 g/mol. The lowest BCUT2D eigenvalue weighted by Gasteiger charge is -2.34.